The fraction of sp³-hybridized carbons (Fsp3) is 0.750. The van der Waals surface area contributed by atoms with Crippen molar-refractivity contribution in [2.75, 3.05) is 0 Å². The van der Waals surface area contributed by atoms with Gasteiger partial charge in [0.15, 0.2) is 0 Å². The highest BCUT2D eigenvalue weighted by atomic mass is 79.9. The van der Waals surface area contributed by atoms with E-state index in [4.69, 9.17) is 0 Å². The van der Waals surface area contributed by atoms with Gasteiger partial charge in [-0.15, -0.1) is 0 Å². The minimum absolute atomic E-state index is 0.982. The monoisotopic (exact) mass is 266 g/mol. The van der Waals surface area contributed by atoms with E-state index >= 15 is 0 Å². The third kappa shape index (κ3) is 2.75. The first-order valence-electron chi connectivity index (χ1n) is 3.75. The maximum absolute atomic E-state index is 3.35. The van der Waals surface area contributed by atoms with Crippen molar-refractivity contribution >= 4 is 31.9 Å². The standard InChI is InChI=1S/C8H12Br2/c1-2-6-5-7(6)3-4-8(9)10/h4,6-7H,2-3,5H2,1H3/t6-,7+/m1/s1. The van der Waals surface area contributed by atoms with Gasteiger partial charge in [-0.3, -0.25) is 0 Å². The van der Waals surface area contributed by atoms with Gasteiger partial charge in [0.1, 0.15) is 0 Å². The van der Waals surface area contributed by atoms with Crippen LogP contribution in [0, 0.1) is 11.8 Å². The van der Waals surface area contributed by atoms with Crippen LogP contribution in [0.1, 0.15) is 26.2 Å². The van der Waals surface area contributed by atoms with Gasteiger partial charge in [0, 0.05) is 0 Å². The number of allylic oxidation sites excluding steroid dienone is 1. The molecule has 0 N–H and O–H groups in total. The van der Waals surface area contributed by atoms with E-state index in [1.807, 2.05) is 0 Å². The Bertz CT molecular complexity index is 136. The average molecular weight is 268 g/mol. The number of hydrogen-bond acceptors (Lipinski definition) is 0. The van der Waals surface area contributed by atoms with Crippen LogP contribution in [0.5, 0.6) is 0 Å². The Hall–Kier alpha value is 0.700. The lowest BCUT2D eigenvalue weighted by Gasteiger charge is -1.89. The molecule has 10 heavy (non-hydrogen) atoms. The lowest BCUT2D eigenvalue weighted by atomic mass is 10.2. The van der Waals surface area contributed by atoms with Crippen molar-refractivity contribution < 1.29 is 0 Å². The summed E-state index contributed by atoms with van der Waals surface area (Å²) in [5, 5.41) is 0. The fourth-order valence-corrected chi connectivity index (χ4v) is 1.71. The molecule has 0 heterocycles. The van der Waals surface area contributed by atoms with Gasteiger partial charge in [0.2, 0.25) is 0 Å². The van der Waals surface area contributed by atoms with Crippen LogP contribution >= 0.6 is 31.9 Å². The van der Waals surface area contributed by atoms with E-state index in [9.17, 15) is 0 Å². The molecule has 0 saturated heterocycles. The lowest BCUT2D eigenvalue weighted by molar-refractivity contribution is 0.688. The smallest absolute Gasteiger partial charge is 0.0564 e. The molecule has 0 aromatic carbocycles. The molecule has 0 aromatic heterocycles. The van der Waals surface area contributed by atoms with Gasteiger partial charge >= 0.3 is 0 Å². The molecule has 0 spiro atoms. The lowest BCUT2D eigenvalue weighted by Crippen LogP contribution is -1.77. The van der Waals surface area contributed by atoms with Crippen molar-refractivity contribution in [2.24, 2.45) is 11.8 Å². The maximum atomic E-state index is 3.35. The second kappa shape index (κ2) is 3.91. The van der Waals surface area contributed by atoms with Crippen LogP contribution < -0.4 is 0 Å². The van der Waals surface area contributed by atoms with Crippen LogP contribution in [0.25, 0.3) is 0 Å². The highest BCUT2D eigenvalue weighted by Gasteiger charge is 2.33. The Morgan fingerprint density at radius 1 is 1.50 bits per heavy atom. The molecule has 1 saturated carbocycles. The van der Waals surface area contributed by atoms with E-state index in [0.717, 1.165) is 15.2 Å². The van der Waals surface area contributed by atoms with Crippen LogP contribution in [0.3, 0.4) is 0 Å². The van der Waals surface area contributed by atoms with E-state index in [0.29, 0.717) is 0 Å². The van der Waals surface area contributed by atoms with Crippen molar-refractivity contribution in [3.05, 3.63) is 9.47 Å². The molecule has 0 unspecified atom stereocenters. The first-order chi connectivity index (χ1) is 4.74. The SMILES string of the molecule is CC[C@@H]1C[C@@H]1CC=C(Br)Br. The summed E-state index contributed by atoms with van der Waals surface area (Å²) in [6.07, 6.45) is 6.25. The Morgan fingerprint density at radius 2 is 2.20 bits per heavy atom. The Labute approximate surface area is 79.3 Å². The summed E-state index contributed by atoms with van der Waals surface area (Å²) >= 11 is 6.70. The molecule has 0 amide bonds. The highest BCUT2D eigenvalue weighted by Crippen LogP contribution is 2.44. The third-order valence-electron chi connectivity index (χ3n) is 2.17. The van der Waals surface area contributed by atoms with Crippen molar-refractivity contribution in [2.45, 2.75) is 26.2 Å². The fourth-order valence-electron chi connectivity index (χ4n) is 1.34. The van der Waals surface area contributed by atoms with Gasteiger partial charge in [0.25, 0.3) is 0 Å². The van der Waals surface area contributed by atoms with Crippen LogP contribution in [0.15, 0.2) is 9.47 Å². The number of hydrogen-bond donors (Lipinski definition) is 0. The van der Waals surface area contributed by atoms with E-state index in [2.05, 4.69) is 44.9 Å². The van der Waals surface area contributed by atoms with Crippen molar-refractivity contribution in [3.63, 3.8) is 0 Å². The molecule has 2 heteroatoms. The molecular weight excluding hydrogens is 256 g/mol. The van der Waals surface area contributed by atoms with E-state index in [1.54, 1.807) is 0 Å². The molecule has 0 aliphatic heterocycles. The second-order valence-corrected chi connectivity index (χ2v) is 5.67. The summed E-state index contributed by atoms with van der Waals surface area (Å²) in [7, 11) is 0. The summed E-state index contributed by atoms with van der Waals surface area (Å²) < 4.78 is 1.10. The van der Waals surface area contributed by atoms with E-state index < -0.39 is 0 Å². The molecule has 0 aromatic rings. The Kier molecular flexibility index (Phi) is 3.44. The second-order valence-electron chi connectivity index (χ2n) is 2.89. The van der Waals surface area contributed by atoms with Crippen molar-refractivity contribution in [1.82, 2.24) is 0 Å². The summed E-state index contributed by atoms with van der Waals surface area (Å²) in [4.78, 5) is 0. The normalized spacial score (nSPS) is 29.9. The van der Waals surface area contributed by atoms with Crippen molar-refractivity contribution in [3.8, 4) is 0 Å². The van der Waals surface area contributed by atoms with E-state index in [1.165, 1.54) is 19.3 Å². The predicted octanol–water partition coefficient (Wildman–Crippen LogP) is 4.05. The first kappa shape index (κ1) is 8.79. The van der Waals surface area contributed by atoms with Gasteiger partial charge < -0.3 is 0 Å². The molecule has 58 valence electrons. The quantitative estimate of drug-likeness (QED) is 0.724. The molecule has 1 rings (SSSR count). The Morgan fingerprint density at radius 3 is 2.60 bits per heavy atom. The zero-order chi connectivity index (χ0) is 7.56. The zero-order valence-corrected chi connectivity index (χ0v) is 9.28. The molecule has 0 bridgehead atoms. The van der Waals surface area contributed by atoms with Crippen LogP contribution in [-0.2, 0) is 0 Å². The highest BCUT2D eigenvalue weighted by molar-refractivity contribution is 9.28. The number of halogens is 2. The van der Waals surface area contributed by atoms with Crippen molar-refractivity contribution in [1.29, 1.82) is 0 Å². The summed E-state index contributed by atoms with van der Waals surface area (Å²) in [5.74, 6) is 2.01. The van der Waals surface area contributed by atoms with E-state index in [-0.39, 0.29) is 0 Å². The molecule has 1 fully saturated rings. The van der Waals surface area contributed by atoms with Gasteiger partial charge in [-0.25, -0.2) is 0 Å². The summed E-state index contributed by atoms with van der Waals surface area (Å²) in [6, 6.07) is 0. The van der Waals surface area contributed by atoms with Crippen LogP contribution in [0.2, 0.25) is 0 Å². The average Bonchev–Trinajstić information content (AvgIpc) is 2.61. The van der Waals surface area contributed by atoms with Gasteiger partial charge in [-0.1, -0.05) is 19.4 Å². The molecule has 0 nitrogen and oxygen atoms in total. The minimum atomic E-state index is 0.982. The topological polar surface area (TPSA) is 0 Å². The first-order valence-corrected chi connectivity index (χ1v) is 5.33. The Balaban J connectivity index is 2.12. The summed E-state index contributed by atoms with van der Waals surface area (Å²) in [6.45, 7) is 2.28. The molecule has 0 radical (unpaired) electrons. The molecule has 1 aliphatic carbocycles. The van der Waals surface area contributed by atoms with Crippen LogP contribution in [-0.4, -0.2) is 0 Å². The molecular formula is C8H12Br2. The third-order valence-corrected chi connectivity index (χ3v) is 2.82. The predicted molar refractivity (Wildman–Crippen MR) is 52.4 cm³/mol. The largest absolute Gasteiger partial charge is 0.0651 e. The van der Waals surface area contributed by atoms with Gasteiger partial charge in [-0.2, -0.15) is 0 Å². The molecule has 1 aliphatic rings. The maximum Gasteiger partial charge on any atom is 0.0564 e. The van der Waals surface area contributed by atoms with Gasteiger partial charge in [-0.05, 0) is 56.5 Å². The summed E-state index contributed by atoms with van der Waals surface area (Å²) in [5.41, 5.74) is 0. The van der Waals surface area contributed by atoms with Gasteiger partial charge in [0.05, 0.1) is 3.39 Å². The molecule has 2 atom stereocenters. The van der Waals surface area contributed by atoms with Crippen LogP contribution in [0.4, 0.5) is 0 Å². The number of rotatable bonds is 3. The minimum Gasteiger partial charge on any atom is -0.0651 e. The zero-order valence-electron chi connectivity index (χ0n) is 6.11.